The lowest BCUT2D eigenvalue weighted by Crippen LogP contribution is -2.28. The maximum Gasteiger partial charge on any atom is 0.265 e. The minimum absolute atomic E-state index is 0.0874. The molecule has 1 fully saturated rings. The highest BCUT2D eigenvalue weighted by molar-refractivity contribution is 7.92. The summed E-state index contributed by atoms with van der Waals surface area (Å²) < 4.78 is 39.6. The molecule has 0 bridgehead atoms. The van der Waals surface area contributed by atoms with Crippen molar-refractivity contribution < 1.29 is 27.5 Å². The average Bonchev–Trinajstić information content (AvgIpc) is 3.13. The monoisotopic (exact) mass is 452 g/mol. The number of hydrogen-bond acceptors (Lipinski definition) is 6. The molecular weight excluding hydrogens is 432 g/mol. The molecule has 1 aliphatic heterocycles. The Bertz CT molecular complexity index is 1240. The number of ether oxygens (including phenoxy) is 2. The average molecular weight is 452 g/mol. The van der Waals surface area contributed by atoms with E-state index in [4.69, 9.17) is 9.47 Å². The van der Waals surface area contributed by atoms with Crippen molar-refractivity contribution in [3.8, 4) is 17.2 Å². The van der Waals surface area contributed by atoms with Crippen LogP contribution >= 0.6 is 0 Å². The molecular formula is C23H20N2O6S. The normalized spacial score (nSPS) is 13.8. The quantitative estimate of drug-likeness (QED) is 0.545. The molecule has 0 spiro atoms. The zero-order valence-corrected chi connectivity index (χ0v) is 18.0. The predicted octanol–water partition coefficient (Wildman–Crippen LogP) is 3.94. The lowest BCUT2D eigenvalue weighted by atomic mass is 10.2. The smallest absolute Gasteiger partial charge is 0.265 e. The van der Waals surface area contributed by atoms with Crippen LogP contribution in [0.2, 0.25) is 0 Å². The number of carbonyl (C=O) groups is 2. The molecule has 2 amide bonds. The summed E-state index contributed by atoms with van der Waals surface area (Å²) in [4.78, 5) is 24.9. The fourth-order valence-corrected chi connectivity index (χ4v) is 4.55. The van der Waals surface area contributed by atoms with Gasteiger partial charge in [-0.15, -0.1) is 0 Å². The Labute approximate surface area is 185 Å². The highest BCUT2D eigenvalue weighted by Crippen LogP contribution is 2.33. The van der Waals surface area contributed by atoms with Crippen molar-refractivity contribution >= 4 is 33.2 Å². The van der Waals surface area contributed by atoms with E-state index in [-0.39, 0.29) is 41.0 Å². The second-order valence-electron chi connectivity index (χ2n) is 7.00. The van der Waals surface area contributed by atoms with E-state index in [0.29, 0.717) is 17.2 Å². The summed E-state index contributed by atoms with van der Waals surface area (Å²) in [5.41, 5.74) is 0.497. The Morgan fingerprint density at radius 3 is 2.09 bits per heavy atom. The van der Waals surface area contributed by atoms with Crippen molar-refractivity contribution in [1.29, 1.82) is 0 Å². The number of methoxy groups -OCH3 is 1. The zero-order chi connectivity index (χ0) is 22.7. The summed E-state index contributed by atoms with van der Waals surface area (Å²) in [6, 6.07) is 19.8. The molecule has 1 saturated heterocycles. The molecule has 1 N–H and O–H groups in total. The fraction of sp³-hybridized carbons (Fsp3) is 0.130. The van der Waals surface area contributed by atoms with Crippen molar-refractivity contribution in [2.45, 2.75) is 17.7 Å². The number of amides is 2. The maximum atomic E-state index is 13.1. The minimum Gasteiger partial charge on any atom is -0.495 e. The van der Waals surface area contributed by atoms with E-state index in [2.05, 4.69) is 4.72 Å². The summed E-state index contributed by atoms with van der Waals surface area (Å²) in [5.74, 6) is 0.554. The van der Waals surface area contributed by atoms with E-state index < -0.39 is 10.0 Å². The van der Waals surface area contributed by atoms with Gasteiger partial charge in [-0.05, 0) is 54.6 Å². The first-order valence-electron chi connectivity index (χ1n) is 9.77. The molecule has 8 nitrogen and oxygen atoms in total. The van der Waals surface area contributed by atoms with Gasteiger partial charge in [0.1, 0.15) is 22.1 Å². The van der Waals surface area contributed by atoms with Crippen LogP contribution in [0, 0.1) is 0 Å². The summed E-state index contributed by atoms with van der Waals surface area (Å²) in [6.07, 6.45) is 0.200. The SMILES string of the molecule is COc1ccc(N2C(=O)CCC2=O)cc1S(=O)(=O)Nc1ccc(Oc2ccccc2)cc1. The predicted molar refractivity (Wildman–Crippen MR) is 118 cm³/mol. The van der Waals surface area contributed by atoms with E-state index in [1.807, 2.05) is 30.3 Å². The molecule has 4 rings (SSSR count). The first-order valence-corrected chi connectivity index (χ1v) is 11.3. The van der Waals surface area contributed by atoms with Crippen LogP contribution in [-0.4, -0.2) is 27.3 Å². The number of hydrogen-bond donors (Lipinski definition) is 1. The van der Waals surface area contributed by atoms with Gasteiger partial charge >= 0.3 is 0 Å². The van der Waals surface area contributed by atoms with Crippen molar-refractivity contribution in [3.05, 3.63) is 72.8 Å². The molecule has 0 unspecified atom stereocenters. The van der Waals surface area contributed by atoms with Gasteiger partial charge in [0.2, 0.25) is 11.8 Å². The molecule has 32 heavy (non-hydrogen) atoms. The van der Waals surface area contributed by atoms with Crippen molar-refractivity contribution in [1.82, 2.24) is 0 Å². The molecule has 164 valence electrons. The zero-order valence-electron chi connectivity index (χ0n) is 17.1. The van der Waals surface area contributed by atoms with Crippen LogP contribution in [0.3, 0.4) is 0 Å². The van der Waals surface area contributed by atoms with Crippen LogP contribution in [0.4, 0.5) is 11.4 Å². The Morgan fingerprint density at radius 1 is 0.844 bits per heavy atom. The topological polar surface area (TPSA) is 102 Å². The largest absolute Gasteiger partial charge is 0.495 e. The Balaban J connectivity index is 1.58. The molecule has 0 atom stereocenters. The Hall–Kier alpha value is -3.85. The standard InChI is InChI=1S/C23H20N2O6S/c1-30-20-12-9-17(25-22(26)13-14-23(25)27)15-21(20)32(28,29)24-16-7-10-19(11-8-16)31-18-5-3-2-4-6-18/h2-12,15,24H,13-14H2,1H3. The number of carbonyl (C=O) groups excluding carboxylic acids is 2. The van der Waals surface area contributed by atoms with Crippen LogP contribution in [-0.2, 0) is 19.6 Å². The lowest BCUT2D eigenvalue weighted by molar-refractivity contribution is -0.121. The lowest BCUT2D eigenvalue weighted by Gasteiger charge is -2.17. The van der Waals surface area contributed by atoms with Gasteiger partial charge in [0, 0.05) is 18.5 Å². The molecule has 0 radical (unpaired) electrons. The van der Waals surface area contributed by atoms with E-state index in [9.17, 15) is 18.0 Å². The van der Waals surface area contributed by atoms with Gasteiger partial charge in [-0.1, -0.05) is 18.2 Å². The fourth-order valence-electron chi connectivity index (χ4n) is 3.30. The second kappa shape index (κ2) is 8.72. The molecule has 3 aromatic rings. The van der Waals surface area contributed by atoms with E-state index in [1.54, 1.807) is 24.3 Å². The van der Waals surface area contributed by atoms with Crippen molar-refractivity contribution in [2.75, 3.05) is 16.7 Å². The summed E-state index contributed by atoms with van der Waals surface area (Å²) in [7, 11) is -2.74. The van der Waals surface area contributed by atoms with Gasteiger partial charge in [-0.25, -0.2) is 8.42 Å². The molecule has 1 aliphatic rings. The molecule has 0 aromatic heterocycles. The second-order valence-corrected chi connectivity index (χ2v) is 8.65. The van der Waals surface area contributed by atoms with E-state index in [0.717, 1.165) is 4.90 Å². The van der Waals surface area contributed by atoms with Crippen molar-refractivity contribution in [2.24, 2.45) is 0 Å². The maximum absolute atomic E-state index is 13.1. The summed E-state index contributed by atoms with van der Waals surface area (Å²) in [5, 5.41) is 0. The van der Waals surface area contributed by atoms with Gasteiger partial charge in [0.05, 0.1) is 12.8 Å². The summed E-state index contributed by atoms with van der Waals surface area (Å²) >= 11 is 0. The number of sulfonamides is 1. The number of nitrogens with zero attached hydrogens (tertiary/aromatic N) is 1. The highest BCUT2D eigenvalue weighted by Gasteiger charge is 2.32. The van der Waals surface area contributed by atoms with Gasteiger partial charge in [0.15, 0.2) is 0 Å². The van der Waals surface area contributed by atoms with Crippen LogP contribution in [0.1, 0.15) is 12.8 Å². The third kappa shape index (κ3) is 4.42. The van der Waals surface area contributed by atoms with Gasteiger partial charge < -0.3 is 9.47 Å². The number of imide groups is 1. The summed E-state index contributed by atoms with van der Waals surface area (Å²) in [6.45, 7) is 0. The molecule has 1 heterocycles. The minimum atomic E-state index is -4.08. The van der Waals surface area contributed by atoms with Gasteiger partial charge in [-0.3, -0.25) is 19.2 Å². The Morgan fingerprint density at radius 2 is 1.47 bits per heavy atom. The molecule has 0 saturated carbocycles. The number of para-hydroxylation sites is 1. The van der Waals surface area contributed by atoms with Gasteiger partial charge in [-0.2, -0.15) is 0 Å². The molecule has 9 heteroatoms. The first kappa shape index (κ1) is 21.4. The number of benzene rings is 3. The third-order valence-electron chi connectivity index (χ3n) is 4.83. The first-order chi connectivity index (χ1) is 15.4. The van der Waals surface area contributed by atoms with Crippen LogP contribution < -0.4 is 19.1 Å². The number of anilines is 2. The van der Waals surface area contributed by atoms with Crippen LogP contribution in [0.15, 0.2) is 77.7 Å². The van der Waals surface area contributed by atoms with Crippen molar-refractivity contribution in [3.63, 3.8) is 0 Å². The molecule has 3 aromatic carbocycles. The Kier molecular flexibility index (Phi) is 5.83. The van der Waals surface area contributed by atoms with Crippen LogP contribution in [0.25, 0.3) is 0 Å². The number of nitrogens with one attached hydrogen (secondary N) is 1. The van der Waals surface area contributed by atoms with E-state index in [1.165, 1.54) is 25.3 Å². The third-order valence-corrected chi connectivity index (χ3v) is 6.23. The molecule has 0 aliphatic carbocycles. The highest BCUT2D eigenvalue weighted by atomic mass is 32.2. The van der Waals surface area contributed by atoms with Gasteiger partial charge in [0.25, 0.3) is 10.0 Å². The number of rotatable bonds is 7. The van der Waals surface area contributed by atoms with E-state index >= 15 is 0 Å². The van der Waals surface area contributed by atoms with Crippen LogP contribution in [0.5, 0.6) is 17.2 Å².